The smallest absolute Gasteiger partial charge is 0.224 e. The number of aliphatic hydroxyl groups is 1. The zero-order chi connectivity index (χ0) is 10.7. The summed E-state index contributed by atoms with van der Waals surface area (Å²) in [5.41, 5.74) is 1.29. The molecule has 0 aliphatic heterocycles. The Hall–Kier alpha value is -0.830. The molecule has 3 heteroatoms. The molecule has 1 amide bonds. The molecule has 2 aliphatic rings. The number of carbonyl (C=O) groups is 1. The molecule has 1 fully saturated rings. The molecule has 0 spiro atoms. The first kappa shape index (κ1) is 10.7. The number of aliphatic hydroxyl groups excluding tert-OH is 1. The quantitative estimate of drug-likeness (QED) is 0.692. The van der Waals surface area contributed by atoms with Gasteiger partial charge in [-0.05, 0) is 38.5 Å². The third-order valence-electron chi connectivity index (χ3n) is 3.25. The zero-order valence-corrected chi connectivity index (χ0v) is 9.04. The van der Waals surface area contributed by atoms with Crippen LogP contribution in [0.25, 0.3) is 0 Å². The fourth-order valence-corrected chi connectivity index (χ4v) is 2.26. The maximum Gasteiger partial charge on any atom is 0.224 e. The molecule has 0 unspecified atom stereocenters. The number of carbonyl (C=O) groups excluding carboxylic acids is 1. The first-order chi connectivity index (χ1) is 7.24. The van der Waals surface area contributed by atoms with Crippen LogP contribution in [0.1, 0.15) is 44.9 Å². The van der Waals surface area contributed by atoms with Gasteiger partial charge in [-0.2, -0.15) is 0 Å². The number of hydrogen-bond donors (Lipinski definition) is 2. The van der Waals surface area contributed by atoms with Crippen LogP contribution in [0.2, 0.25) is 0 Å². The van der Waals surface area contributed by atoms with Gasteiger partial charge in [0.2, 0.25) is 5.91 Å². The summed E-state index contributed by atoms with van der Waals surface area (Å²) in [6.07, 6.45) is 8.73. The molecule has 0 atom stereocenters. The Morgan fingerprint density at radius 3 is 2.87 bits per heavy atom. The van der Waals surface area contributed by atoms with Gasteiger partial charge in [0.1, 0.15) is 0 Å². The van der Waals surface area contributed by atoms with Crippen LogP contribution < -0.4 is 5.32 Å². The van der Waals surface area contributed by atoms with Gasteiger partial charge in [-0.1, -0.05) is 11.6 Å². The number of allylic oxidation sites excluding steroid dienone is 1. The first-order valence-electron chi connectivity index (χ1n) is 5.89. The lowest BCUT2D eigenvalue weighted by molar-refractivity contribution is -0.122. The Labute approximate surface area is 90.6 Å². The fourth-order valence-electron chi connectivity index (χ4n) is 2.26. The second-order valence-electron chi connectivity index (χ2n) is 4.67. The van der Waals surface area contributed by atoms with Gasteiger partial charge in [0.15, 0.2) is 0 Å². The lowest BCUT2D eigenvalue weighted by atomic mass is 9.89. The maximum atomic E-state index is 11.6. The van der Waals surface area contributed by atoms with E-state index >= 15 is 0 Å². The molecular weight excluding hydrogens is 190 g/mol. The van der Waals surface area contributed by atoms with Crippen LogP contribution in [-0.4, -0.2) is 23.2 Å². The molecular formula is C12H19NO2. The van der Waals surface area contributed by atoms with Crippen molar-refractivity contribution in [1.29, 1.82) is 0 Å². The average molecular weight is 209 g/mol. The fraction of sp³-hybridized carbons (Fsp3) is 0.750. The maximum absolute atomic E-state index is 11.6. The van der Waals surface area contributed by atoms with E-state index in [1.54, 1.807) is 0 Å². The highest BCUT2D eigenvalue weighted by Gasteiger charge is 2.28. The van der Waals surface area contributed by atoms with Gasteiger partial charge in [-0.3, -0.25) is 4.79 Å². The van der Waals surface area contributed by atoms with Gasteiger partial charge in [0.05, 0.1) is 6.10 Å². The predicted molar refractivity (Wildman–Crippen MR) is 58.3 cm³/mol. The van der Waals surface area contributed by atoms with Crippen LogP contribution in [0.15, 0.2) is 11.6 Å². The summed E-state index contributed by atoms with van der Waals surface area (Å²) in [5, 5.41) is 12.0. The third kappa shape index (κ3) is 3.06. The molecule has 84 valence electrons. The van der Waals surface area contributed by atoms with Crippen LogP contribution in [0, 0.1) is 0 Å². The van der Waals surface area contributed by atoms with Crippen LogP contribution in [-0.2, 0) is 4.79 Å². The van der Waals surface area contributed by atoms with Crippen molar-refractivity contribution in [1.82, 2.24) is 5.32 Å². The molecule has 0 aromatic carbocycles. The molecule has 15 heavy (non-hydrogen) atoms. The van der Waals surface area contributed by atoms with Gasteiger partial charge in [0, 0.05) is 12.5 Å². The second-order valence-corrected chi connectivity index (χ2v) is 4.67. The van der Waals surface area contributed by atoms with E-state index in [0.29, 0.717) is 6.42 Å². The number of hydrogen-bond acceptors (Lipinski definition) is 2. The van der Waals surface area contributed by atoms with E-state index in [1.165, 1.54) is 18.4 Å². The molecule has 0 bridgehead atoms. The van der Waals surface area contributed by atoms with Crippen LogP contribution in [0.5, 0.6) is 0 Å². The Morgan fingerprint density at radius 1 is 1.47 bits per heavy atom. The normalized spacial score (nSPS) is 30.3. The van der Waals surface area contributed by atoms with Crippen LogP contribution in [0.3, 0.4) is 0 Å². The minimum Gasteiger partial charge on any atom is -0.393 e. The molecule has 2 N–H and O–H groups in total. The van der Waals surface area contributed by atoms with Crippen molar-refractivity contribution in [2.75, 3.05) is 0 Å². The number of amides is 1. The Morgan fingerprint density at radius 2 is 2.27 bits per heavy atom. The Balaban J connectivity index is 1.70. The summed E-state index contributed by atoms with van der Waals surface area (Å²) >= 11 is 0. The first-order valence-corrected chi connectivity index (χ1v) is 5.89. The van der Waals surface area contributed by atoms with Crippen molar-refractivity contribution in [2.24, 2.45) is 0 Å². The minimum atomic E-state index is -0.191. The molecule has 3 nitrogen and oxygen atoms in total. The van der Waals surface area contributed by atoms with E-state index in [2.05, 4.69) is 11.4 Å². The predicted octanol–water partition coefficient (Wildman–Crippen LogP) is 1.52. The van der Waals surface area contributed by atoms with Crippen LogP contribution >= 0.6 is 0 Å². The van der Waals surface area contributed by atoms with E-state index < -0.39 is 0 Å². The summed E-state index contributed by atoms with van der Waals surface area (Å²) in [4.78, 5) is 11.6. The molecule has 0 heterocycles. The third-order valence-corrected chi connectivity index (χ3v) is 3.25. The topological polar surface area (TPSA) is 49.3 Å². The van der Waals surface area contributed by atoms with E-state index in [9.17, 15) is 4.79 Å². The molecule has 2 rings (SSSR count). The van der Waals surface area contributed by atoms with Crippen LogP contribution in [0.4, 0.5) is 0 Å². The molecule has 1 saturated carbocycles. The lowest BCUT2D eigenvalue weighted by Gasteiger charge is -2.32. The van der Waals surface area contributed by atoms with Crippen molar-refractivity contribution >= 4 is 5.91 Å². The highest BCUT2D eigenvalue weighted by molar-refractivity contribution is 5.78. The van der Waals surface area contributed by atoms with Gasteiger partial charge < -0.3 is 10.4 Å². The Kier molecular flexibility index (Phi) is 3.41. The van der Waals surface area contributed by atoms with Crippen molar-refractivity contribution in [3.05, 3.63) is 11.6 Å². The Bertz CT molecular complexity index is 267. The van der Waals surface area contributed by atoms with Crippen molar-refractivity contribution in [3.63, 3.8) is 0 Å². The van der Waals surface area contributed by atoms with Gasteiger partial charge >= 0.3 is 0 Å². The average Bonchev–Trinajstić information content (AvgIpc) is 2.17. The summed E-state index contributed by atoms with van der Waals surface area (Å²) in [7, 11) is 0. The van der Waals surface area contributed by atoms with E-state index in [0.717, 1.165) is 25.7 Å². The van der Waals surface area contributed by atoms with Gasteiger partial charge in [0.25, 0.3) is 0 Å². The van der Waals surface area contributed by atoms with E-state index in [-0.39, 0.29) is 18.1 Å². The SMILES string of the molecule is O=C(CC1=CCCCC1)NC1CC(O)C1. The highest BCUT2D eigenvalue weighted by atomic mass is 16.3. The standard InChI is InChI=1S/C12H19NO2/c14-11-7-10(8-11)13-12(15)6-9-4-2-1-3-5-9/h4,10-11,14H,1-3,5-8H2,(H,13,15). The van der Waals surface area contributed by atoms with Crippen molar-refractivity contribution in [3.8, 4) is 0 Å². The van der Waals surface area contributed by atoms with E-state index in [4.69, 9.17) is 5.11 Å². The second kappa shape index (κ2) is 4.79. The molecule has 0 aromatic heterocycles. The van der Waals surface area contributed by atoms with Gasteiger partial charge in [-0.15, -0.1) is 0 Å². The largest absolute Gasteiger partial charge is 0.393 e. The number of nitrogens with one attached hydrogen (secondary N) is 1. The van der Waals surface area contributed by atoms with Crippen molar-refractivity contribution < 1.29 is 9.90 Å². The lowest BCUT2D eigenvalue weighted by Crippen LogP contribution is -2.46. The summed E-state index contributed by atoms with van der Waals surface area (Å²) in [5.74, 6) is 0.125. The minimum absolute atomic E-state index is 0.125. The summed E-state index contributed by atoms with van der Waals surface area (Å²) in [6.45, 7) is 0. The summed E-state index contributed by atoms with van der Waals surface area (Å²) in [6, 6.07) is 0.219. The zero-order valence-electron chi connectivity index (χ0n) is 9.04. The highest BCUT2D eigenvalue weighted by Crippen LogP contribution is 2.22. The molecule has 0 radical (unpaired) electrons. The van der Waals surface area contributed by atoms with Gasteiger partial charge in [-0.25, -0.2) is 0 Å². The number of rotatable bonds is 3. The molecule has 2 aliphatic carbocycles. The monoisotopic (exact) mass is 209 g/mol. The molecule has 0 aromatic rings. The summed E-state index contributed by atoms with van der Waals surface area (Å²) < 4.78 is 0. The van der Waals surface area contributed by atoms with E-state index in [1.807, 2.05) is 0 Å². The van der Waals surface area contributed by atoms with Crippen molar-refractivity contribution in [2.45, 2.75) is 57.1 Å². The molecule has 0 saturated heterocycles.